The van der Waals surface area contributed by atoms with Crippen molar-refractivity contribution in [2.45, 2.75) is 19.4 Å². The number of hydrogen-bond donors (Lipinski definition) is 0. The molecule has 0 bridgehead atoms. The Kier molecular flexibility index (Phi) is 1.65. The lowest BCUT2D eigenvalue weighted by atomic mass is 10.0. The zero-order valence-corrected chi connectivity index (χ0v) is 9.41. The lowest BCUT2D eigenvalue weighted by Gasteiger charge is -2.14. The van der Waals surface area contributed by atoms with Gasteiger partial charge in [0.1, 0.15) is 0 Å². The molecule has 1 aromatic heterocycles. The van der Waals surface area contributed by atoms with E-state index < -0.39 is 0 Å². The van der Waals surface area contributed by atoms with Crippen LogP contribution in [0.2, 0.25) is 0 Å². The summed E-state index contributed by atoms with van der Waals surface area (Å²) < 4.78 is 3.78. The van der Waals surface area contributed by atoms with E-state index in [1.165, 1.54) is 39.4 Å². The SMILES string of the molecule is Ic1cn2c3c(cccc13)CCC2. The first-order chi connectivity index (χ1) is 6.36. The van der Waals surface area contributed by atoms with Crippen molar-refractivity contribution in [3.05, 3.63) is 33.5 Å². The van der Waals surface area contributed by atoms with Gasteiger partial charge in [0.05, 0.1) is 5.52 Å². The van der Waals surface area contributed by atoms with E-state index in [4.69, 9.17) is 0 Å². The largest absolute Gasteiger partial charge is 0.346 e. The molecule has 1 aromatic carbocycles. The molecule has 66 valence electrons. The molecule has 2 heterocycles. The summed E-state index contributed by atoms with van der Waals surface area (Å²) in [5.74, 6) is 0. The molecule has 2 aromatic rings. The van der Waals surface area contributed by atoms with Crippen molar-refractivity contribution in [3.8, 4) is 0 Å². The van der Waals surface area contributed by atoms with Gasteiger partial charge in [0.2, 0.25) is 0 Å². The van der Waals surface area contributed by atoms with Crippen LogP contribution in [0.5, 0.6) is 0 Å². The quantitative estimate of drug-likeness (QED) is 0.654. The monoisotopic (exact) mass is 283 g/mol. The van der Waals surface area contributed by atoms with Crippen molar-refractivity contribution in [3.63, 3.8) is 0 Å². The van der Waals surface area contributed by atoms with Crippen molar-refractivity contribution in [1.29, 1.82) is 0 Å². The average Bonchev–Trinajstić information content (AvgIpc) is 2.47. The molecule has 2 heteroatoms. The number of hydrogen-bond acceptors (Lipinski definition) is 0. The van der Waals surface area contributed by atoms with Crippen LogP contribution in [-0.4, -0.2) is 4.57 Å². The molecule has 13 heavy (non-hydrogen) atoms. The molecule has 0 amide bonds. The first-order valence-corrected chi connectivity index (χ1v) is 5.70. The molecule has 0 saturated heterocycles. The fourth-order valence-electron chi connectivity index (χ4n) is 2.21. The van der Waals surface area contributed by atoms with Crippen LogP contribution >= 0.6 is 22.6 Å². The highest BCUT2D eigenvalue weighted by molar-refractivity contribution is 14.1. The van der Waals surface area contributed by atoms with E-state index in [1.807, 2.05) is 0 Å². The van der Waals surface area contributed by atoms with E-state index in [1.54, 1.807) is 0 Å². The third-order valence-electron chi connectivity index (χ3n) is 2.78. The predicted octanol–water partition coefficient (Wildman–Crippen LogP) is 3.19. The second-order valence-corrected chi connectivity index (χ2v) is 4.75. The molecular weight excluding hydrogens is 273 g/mol. The van der Waals surface area contributed by atoms with Gasteiger partial charge in [-0.3, -0.25) is 0 Å². The maximum atomic E-state index is 2.43. The van der Waals surface area contributed by atoms with E-state index in [0.717, 1.165) is 0 Å². The molecule has 0 saturated carbocycles. The van der Waals surface area contributed by atoms with E-state index in [0.29, 0.717) is 0 Å². The number of aromatic nitrogens is 1. The predicted molar refractivity (Wildman–Crippen MR) is 63.0 cm³/mol. The van der Waals surface area contributed by atoms with Crippen LogP contribution in [0, 0.1) is 3.57 Å². The number of rotatable bonds is 0. The molecule has 3 rings (SSSR count). The van der Waals surface area contributed by atoms with Gasteiger partial charge < -0.3 is 4.57 Å². The van der Waals surface area contributed by atoms with Gasteiger partial charge in [0, 0.05) is 21.7 Å². The van der Waals surface area contributed by atoms with Crippen molar-refractivity contribution in [1.82, 2.24) is 4.57 Å². The second-order valence-electron chi connectivity index (χ2n) is 3.59. The Morgan fingerprint density at radius 1 is 1.31 bits per heavy atom. The smallest absolute Gasteiger partial charge is 0.0523 e. The van der Waals surface area contributed by atoms with Crippen LogP contribution in [0.1, 0.15) is 12.0 Å². The second kappa shape index (κ2) is 2.74. The van der Waals surface area contributed by atoms with E-state index in [-0.39, 0.29) is 0 Å². The van der Waals surface area contributed by atoms with Crippen molar-refractivity contribution in [2.75, 3.05) is 0 Å². The number of halogens is 1. The van der Waals surface area contributed by atoms with Crippen LogP contribution in [-0.2, 0) is 13.0 Å². The van der Waals surface area contributed by atoms with Crippen molar-refractivity contribution >= 4 is 33.5 Å². The Morgan fingerprint density at radius 3 is 3.15 bits per heavy atom. The lowest BCUT2D eigenvalue weighted by Crippen LogP contribution is -2.05. The minimum Gasteiger partial charge on any atom is -0.346 e. The molecule has 0 atom stereocenters. The van der Waals surface area contributed by atoms with E-state index >= 15 is 0 Å². The summed E-state index contributed by atoms with van der Waals surface area (Å²) in [5.41, 5.74) is 2.99. The summed E-state index contributed by atoms with van der Waals surface area (Å²) in [5, 5.41) is 1.43. The van der Waals surface area contributed by atoms with Crippen LogP contribution in [0.4, 0.5) is 0 Å². The molecule has 0 radical (unpaired) electrons. The lowest BCUT2D eigenvalue weighted by molar-refractivity contribution is 0.635. The Bertz CT molecular complexity index is 470. The fourth-order valence-corrected chi connectivity index (χ4v) is 2.98. The molecule has 0 unspecified atom stereocenters. The Balaban J connectivity index is 2.51. The Hall–Kier alpha value is -0.510. The Labute approximate surface area is 90.9 Å². The molecule has 0 spiro atoms. The average molecular weight is 283 g/mol. The molecule has 0 N–H and O–H groups in total. The molecule has 0 aliphatic carbocycles. The summed E-state index contributed by atoms with van der Waals surface area (Å²) >= 11 is 2.43. The molecule has 1 aliphatic heterocycles. The van der Waals surface area contributed by atoms with E-state index in [2.05, 4.69) is 51.6 Å². The third-order valence-corrected chi connectivity index (χ3v) is 3.64. The number of para-hydroxylation sites is 1. The minimum atomic E-state index is 1.19. The van der Waals surface area contributed by atoms with Gasteiger partial charge in [-0.1, -0.05) is 18.2 Å². The summed E-state index contributed by atoms with van der Waals surface area (Å²) in [4.78, 5) is 0. The van der Waals surface area contributed by atoms with Crippen LogP contribution in [0.25, 0.3) is 10.9 Å². The first-order valence-electron chi connectivity index (χ1n) is 4.62. The molecular formula is C11H10IN. The van der Waals surface area contributed by atoms with Crippen LogP contribution < -0.4 is 0 Å². The zero-order chi connectivity index (χ0) is 8.84. The fraction of sp³-hybridized carbons (Fsp3) is 0.273. The van der Waals surface area contributed by atoms with E-state index in [9.17, 15) is 0 Å². The van der Waals surface area contributed by atoms with Crippen LogP contribution in [0.15, 0.2) is 24.4 Å². The molecule has 1 nitrogen and oxygen atoms in total. The summed E-state index contributed by atoms with van der Waals surface area (Å²) in [7, 11) is 0. The van der Waals surface area contributed by atoms with Crippen molar-refractivity contribution < 1.29 is 0 Å². The van der Waals surface area contributed by atoms with Gasteiger partial charge in [0.15, 0.2) is 0 Å². The maximum Gasteiger partial charge on any atom is 0.0523 e. The molecule has 1 aliphatic rings. The molecule has 0 fully saturated rings. The third kappa shape index (κ3) is 1.04. The van der Waals surface area contributed by atoms with Gasteiger partial charge in [-0.25, -0.2) is 0 Å². The van der Waals surface area contributed by atoms with Gasteiger partial charge in [-0.15, -0.1) is 0 Å². The first kappa shape index (κ1) is 7.85. The highest BCUT2D eigenvalue weighted by Crippen LogP contribution is 2.29. The van der Waals surface area contributed by atoms with Gasteiger partial charge >= 0.3 is 0 Å². The summed E-state index contributed by atoms with van der Waals surface area (Å²) in [6, 6.07) is 6.66. The number of benzene rings is 1. The van der Waals surface area contributed by atoms with Gasteiger partial charge in [0.25, 0.3) is 0 Å². The number of nitrogens with zero attached hydrogens (tertiary/aromatic N) is 1. The number of aryl methyl sites for hydroxylation is 2. The van der Waals surface area contributed by atoms with Crippen LogP contribution in [0.3, 0.4) is 0 Å². The topological polar surface area (TPSA) is 4.93 Å². The zero-order valence-electron chi connectivity index (χ0n) is 7.26. The highest BCUT2D eigenvalue weighted by Gasteiger charge is 2.13. The summed E-state index contributed by atoms with van der Waals surface area (Å²) in [6.07, 6.45) is 4.81. The van der Waals surface area contributed by atoms with Crippen molar-refractivity contribution in [2.24, 2.45) is 0 Å². The Morgan fingerprint density at radius 2 is 2.23 bits per heavy atom. The standard InChI is InChI=1S/C11H10IN/c12-10-7-13-6-2-4-8-3-1-5-9(10)11(8)13/h1,3,5,7H,2,4,6H2. The maximum absolute atomic E-state index is 2.43. The highest BCUT2D eigenvalue weighted by atomic mass is 127. The normalized spacial score (nSPS) is 15.2. The van der Waals surface area contributed by atoms with Gasteiger partial charge in [-0.2, -0.15) is 0 Å². The summed E-state index contributed by atoms with van der Waals surface area (Å²) in [6.45, 7) is 1.19. The minimum absolute atomic E-state index is 1.19. The van der Waals surface area contributed by atoms with Gasteiger partial charge in [-0.05, 0) is 41.0 Å².